The number of nitrogens with zero attached hydrogens (tertiary/aromatic N) is 1. The van der Waals surface area contributed by atoms with Crippen molar-refractivity contribution in [3.63, 3.8) is 0 Å². The van der Waals surface area contributed by atoms with Gasteiger partial charge in [-0.25, -0.2) is 0 Å². The van der Waals surface area contributed by atoms with E-state index in [-0.39, 0.29) is 36.3 Å². The molecule has 9 heteroatoms. The molecule has 0 aromatic heterocycles. The summed E-state index contributed by atoms with van der Waals surface area (Å²) in [6, 6.07) is 4.54. The van der Waals surface area contributed by atoms with Crippen LogP contribution >= 0.6 is 0 Å². The zero-order valence-corrected chi connectivity index (χ0v) is 16.1. The van der Waals surface area contributed by atoms with Crippen molar-refractivity contribution in [2.45, 2.75) is 44.1 Å². The number of rotatable bonds is 8. The number of carboxylic acids is 1. The molecule has 2 aliphatic carbocycles. The van der Waals surface area contributed by atoms with E-state index < -0.39 is 29.9 Å². The third kappa shape index (κ3) is 5.20. The average Bonchev–Trinajstić information content (AvgIpc) is 2.92. The lowest BCUT2D eigenvalue weighted by Gasteiger charge is -2.34. The number of benzene rings is 1. The van der Waals surface area contributed by atoms with Gasteiger partial charge in [-0.15, -0.1) is 0 Å². The van der Waals surface area contributed by atoms with Crippen molar-refractivity contribution in [1.82, 2.24) is 0 Å². The molecule has 0 spiro atoms. The highest BCUT2D eigenvalue weighted by Crippen LogP contribution is 2.49. The van der Waals surface area contributed by atoms with Crippen molar-refractivity contribution in [2.75, 3.05) is 6.61 Å². The Kier molecular flexibility index (Phi) is 6.82. The lowest BCUT2D eigenvalue weighted by Crippen LogP contribution is -2.36. The fourth-order valence-electron chi connectivity index (χ4n) is 4.08. The van der Waals surface area contributed by atoms with E-state index in [0.717, 1.165) is 17.8 Å². The van der Waals surface area contributed by atoms with Gasteiger partial charge in [0.2, 0.25) is 0 Å². The van der Waals surface area contributed by atoms with Crippen LogP contribution in [0.3, 0.4) is 0 Å². The topological polar surface area (TPSA) is 99.4 Å². The summed E-state index contributed by atoms with van der Waals surface area (Å²) in [6.07, 6.45) is -1.74. The molecule has 2 aliphatic rings. The zero-order chi connectivity index (χ0) is 21.9. The minimum absolute atomic E-state index is 0.0106. The van der Waals surface area contributed by atoms with Gasteiger partial charge in [-0.1, -0.05) is 29.4 Å². The molecule has 6 nitrogen and oxygen atoms in total. The molecule has 2 fully saturated rings. The third-order valence-electron chi connectivity index (χ3n) is 5.70. The number of aliphatic hydroxyl groups excluding tert-OH is 2. The maximum atomic E-state index is 12.8. The molecule has 0 radical (unpaired) electrons. The van der Waals surface area contributed by atoms with E-state index in [2.05, 4.69) is 5.16 Å². The minimum Gasteiger partial charge on any atom is -0.481 e. The molecule has 0 bridgehead atoms. The number of halogens is 3. The Labute approximate surface area is 171 Å². The van der Waals surface area contributed by atoms with Crippen LogP contribution < -0.4 is 0 Å². The van der Waals surface area contributed by atoms with E-state index in [1.807, 2.05) is 0 Å². The Bertz CT molecular complexity index is 823. The Balaban J connectivity index is 1.55. The number of aliphatic carboxylic acids is 1. The summed E-state index contributed by atoms with van der Waals surface area (Å²) in [5.41, 5.74) is 0.135. The van der Waals surface area contributed by atoms with Crippen LogP contribution in [0.5, 0.6) is 0 Å². The van der Waals surface area contributed by atoms with E-state index >= 15 is 0 Å². The first-order valence-electron chi connectivity index (χ1n) is 9.79. The summed E-state index contributed by atoms with van der Waals surface area (Å²) in [7, 11) is 0. The lowest BCUT2D eigenvalue weighted by molar-refractivity contribution is -0.138. The number of carbonyl (C=O) groups is 1. The number of hydrogen-bond acceptors (Lipinski definition) is 5. The maximum absolute atomic E-state index is 12.8. The number of alkyl halides is 3. The van der Waals surface area contributed by atoms with Gasteiger partial charge >= 0.3 is 12.1 Å². The van der Waals surface area contributed by atoms with Gasteiger partial charge in [-0.2, -0.15) is 13.2 Å². The van der Waals surface area contributed by atoms with Crippen molar-refractivity contribution < 1.29 is 38.1 Å². The molecule has 1 aromatic rings. The number of aliphatic hydroxyl groups is 2. The van der Waals surface area contributed by atoms with Crippen molar-refractivity contribution >= 4 is 11.7 Å². The van der Waals surface area contributed by atoms with E-state index in [0.29, 0.717) is 19.3 Å². The van der Waals surface area contributed by atoms with Gasteiger partial charge in [0.15, 0.2) is 0 Å². The van der Waals surface area contributed by atoms with Crippen LogP contribution in [0.15, 0.2) is 41.6 Å². The molecule has 0 saturated heterocycles. The van der Waals surface area contributed by atoms with Crippen LogP contribution in [0.2, 0.25) is 0 Å². The predicted molar refractivity (Wildman–Crippen MR) is 102 cm³/mol. The van der Waals surface area contributed by atoms with Gasteiger partial charge < -0.3 is 20.2 Å². The molecule has 0 aliphatic heterocycles. The fraction of sp³-hybridized carbons (Fsp3) is 0.524. The van der Waals surface area contributed by atoms with Crippen molar-refractivity contribution in [3.05, 3.63) is 47.5 Å². The lowest BCUT2D eigenvalue weighted by atomic mass is 9.71. The van der Waals surface area contributed by atoms with Crippen molar-refractivity contribution in [2.24, 2.45) is 22.9 Å². The summed E-state index contributed by atoms with van der Waals surface area (Å²) in [4.78, 5) is 15.6. The predicted octanol–water partition coefficient (Wildman–Crippen LogP) is 3.55. The molecule has 3 rings (SSSR count). The SMILES string of the molecule is O=C(O)CCCON=C1C[C@H]2C(C=CC(O)c3cccc(C(F)(F)F)c3)C(O)C[C@H]12. The summed E-state index contributed by atoms with van der Waals surface area (Å²) in [6.45, 7) is 0.211. The number of hydrogen-bond donors (Lipinski definition) is 3. The Hall–Kier alpha value is -2.39. The van der Waals surface area contributed by atoms with Crippen LogP contribution in [0, 0.1) is 17.8 Å². The molecule has 0 amide bonds. The zero-order valence-electron chi connectivity index (χ0n) is 16.1. The molecule has 5 atom stereocenters. The highest BCUT2D eigenvalue weighted by Gasteiger charge is 2.51. The van der Waals surface area contributed by atoms with Crippen molar-refractivity contribution in [3.8, 4) is 0 Å². The van der Waals surface area contributed by atoms with E-state index in [1.54, 1.807) is 6.08 Å². The van der Waals surface area contributed by atoms with Crippen molar-refractivity contribution in [1.29, 1.82) is 0 Å². The molecule has 0 heterocycles. The van der Waals surface area contributed by atoms with Gasteiger partial charge in [0.25, 0.3) is 0 Å². The second-order valence-electron chi connectivity index (χ2n) is 7.72. The fourth-order valence-corrected chi connectivity index (χ4v) is 4.08. The van der Waals surface area contributed by atoms with Gasteiger partial charge in [0, 0.05) is 18.3 Å². The molecule has 1 aromatic carbocycles. The van der Waals surface area contributed by atoms with Crippen LogP contribution in [-0.4, -0.2) is 39.7 Å². The average molecular weight is 427 g/mol. The first-order valence-corrected chi connectivity index (χ1v) is 9.79. The highest BCUT2D eigenvalue weighted by molar-refractivity contribution is 5.93. The monoisotopic (exact) mass is 427 g/mol. The van der Waals surface area contributed by atoms with E-state index in [4.69, 9.17) is 9.94 Å². The summed E-state index contributed by atoms with van der Waals surface area (Å²) in [5, 5.41) is 33.2. The molecular weight excluding hydrogens is 403 g/mol. The Morgan fingerprint density at radius 1 is 1.37 bits per heavy atom. The summed E-state index contributed by atoms with van der Waals surface area (Å²) in [5.74, 6) is -0.927. The molecule has 30 heavy (non-hydrogen) atoms. The largest absolute Gasteiger partial charge is 0.481 e. The second kappa shape index (κ2) is 9.18. The normalized spacial score (nSPS) is 28.4. The smallest absolute Gasteiger partial charge is 0.416 e. The number of oxime groups is 1. The quantitative estimate of drug-likeness (QED) is 0.335. The Morgan fingerprint density at radius 2 is 2.13 bits per heavy atom. The maximum Gasteiger partial charge on any atom is 0.416 e. The first-order chi connectivity index (χ1) is 14.2. The summed E-state index contributed by atoms with van der Waals surface area (Å²) < 4.78 is 38.5. The van der Waals surface area contributed by atoms with Crippen LogP contribution in [0.4, 0.5) is 13.2 Å². The molecule has 3 N–H and O–H groups in total. The van der Waals surface area contributed by atoms with Crippen LogP contribution in [0.25, 0.3) is 0 Å². The standard InChI is InChI=1S/C21H24F3NO5/c22-21(23,24)13-4-1-3-12(9-13)18(26)7-6-14-15-10-17(16(15)11-19(14)27)25-30-8-2-5-20(28)29/h1,3-4,6-7,9,14-16,18-19,26-27H,2,5,8,10-11H2,(H,28,29)/t14?,15-,16-,18?,19?/m0/s1. The van der Waals surface area contributed by atoms with Crippen LogP contribution in [0.1, 0.15) is 42.9 Å². The van der Waals surface area contributed by atoms with Crippen LogP contribution in [-0.2, 0) is 15.8 Å². The minimum atomic E-state index is -4.48. The van der Waals surface area contributed by atoms with E-state index in [9.17, 15) is 28.2 Å². The molecular formula is C21H24F3NO5. The Morgan fingerprint density at radius 3 is 2.83 bits per heavy atom. The van der Waals surface area contributed by atoms with Gasteiger partial charge in [0.05, 0.1) is 23.5 Å². The number of fused-ring (bicyclic) bond motifs is 1. The first kappa shape index (κ1) is 22.3. The highest BCUT2D eigenvalue weighted by atomic mass is 19.4. The van der Waals surface area contributed by atoms with Gasteiger partial charge in [-0.05, 0) is 42.9 Å². The molecule has 2 saturated carbocycles. The molecule has 164 valence electrons. The van der Waals surface area contributed by atoms with E-state index in [1.165, 1.54) is 18.2 Å². The third-order valence-corrected chi connectivity index (χ3v) is 5.70. The second-order valence-corrected chi connectivity index (χ2v) is 7.72. The molecule has 3 unspecified atom stereocenters. The van der Waals surface area contributed by atoms with Gasteiger partial charge in [0.1, 0.15) is 6.61 Å². The number of carboxylic acid groups (broad SMARTS) is 1. The van der Waals surface area contributed by atoms with Gasteiger partial charge in [-0.3, -0.25) is 4.79 Å². The summed E-state index contributed by atoms with van der Waals surface area (Å²) >= 11 is 0.